The summed E-state index contributed by atoms with van der Waals surface area (Å²) < 4.78 is 28.5. The summed E-state index contributed by atoms with van der Waals surface area (Å²) in [6, 6.07) is 4.21. The number of aryl methyl sites for hydroxylation is 1. The van der Waals surface area contributed by atoms with Crippen molar-refractivity contribution in [2.24, 2.45) is 7.05 Å². The van der Waals surface area contributed by atoms with E-state index in [1.54, 1.807) is 35.1 Å². The van der Waals surface area contributed by atoms with Gasteiger partial charge in [0.1, 0.15) is 0 Å². The number of piperazine rings is 1. The van der Waals surface area contributed by atoms with Crippen LogP contribution in [0.4, 0.5) is 8.78 Å². The molecule has 1 fully saturated rings. The number of benzene rings is 1. The van der Waals surface area contributed by atoms with Crippen LogP contribution in [0.2, 0.25) is 0 Å². The van der Waals surface area contributed by atoms with E-state index < -0.39 is 11.6 Å². The predicted molar refractivity (Wildman–Crippen MR) is 80.7 cm³/mol. The standard InChI is InChI=1S/C16H18F2N4O/c1-20-10-13(9-19-20)16(23)22-7-5-21(6-8-22)11-12-3-2-4-14(17)15(12)18/h2-4,9-10H,5-8,11H2,1H3. The van der Waals surface area contributed by atoms with Gasteiger partial charge in [0, 0.05) is 51.5 Å². The maximum Gasteiger partial charge on any atom is 0.257 e. The van der Waals surface area contributed by atoms with Crippen molar-refractivity contribution >= 4 is 5.91 Å². The number of carbonyl (C=O) groups excluding carboxylic acids is 1. The average molecular weight is 320 g/mol. The quantitative estimate of drug-likeness (QED) is 0.864. The SMILES string of the molecule is Cn1cc(C(=O)N2CCN(Cc3cccc(F)c3F)CC2)cn1. The largest absolute Gasteiger partial charge is 0.336 e. The Kier molecular flexibility index (Phi) is 4.38. The highest BCUT2D eigenvalue weighted by atomic mass is 19.2. The first kappa shape index (κ1) is 15.6. The van der Waals surface area contributed by atoms with Crippen molar-refractivity contribution in [3.8, 4) is 0 Å². The van der Waals surface area contributed by atoms with Crippen molar-refractivity contribution < 1.29 is 13.6 Å². The summed E-state index contributed by atoms with van der Waals surface area (Å²) in [5, 5.41) is 4.00. The summed E-state index contributed by atoms with van der Waals surface area (Å²) in [6.07, 6.45) is 3.24. The fraction of sp³-hybridized carbons (Fsp3) is 0.375. The molecule has 1 saturated heterocycles. The van der Waals surface area contributed by atoms with Gasteiger partial charge in [-0.15, -0.1) is 0 Å². The van der Waals surface area contributed by atoms with Gasteiger partial charge in [0.2, 0.25) is 0 Å². The second kappa shape index (κ2) is 6.45. The van der Waals surface area contributed by atoms with Gasteiger partial charge in [-0.1, -0.05) is 12.1 Å². The molecule has 2 heterocycles. The molecule has 0 saturated carbocycles. The smallest absolute Gasteiger partial charge is 0.257 e. The van der Waals surface area contributed by atoms with E-state index in [0.29, 0.717) is 43.9 Å². The van der Waals surface area contributed by atoms with Gasteiger partial charge in [0.05, 0.1) is 11.8 Å². The Morgan fingerprint density at radius 2 is 1.96 bits per heavy atom. The van der Waals surface area contributed by atoms with Crippen LogP contribution in [0.15, 0.2) is 30.6 Å². The lowest BCUT2D eigenvalue weighted by molar-refractivity contribution is 0.0626. The third kappa shape index (κ3) is 3.39. The van der Waals surface area contributed by atoms with Gasteiger partial charge in [0.15, 0.2) is 11.6 Å². The molecule has 1 aromatic heterocycles. The van der Waals surface area contributed by atoms with Gasteiger partial charge in [0.25, 0.3) is 5.91 Å². The van der Waals surface area contributed by atoms with Crippen LogP contribution in [0, 0.1) is 11.6 Å². The zero-order valence-corrected chi connectivity index (χ0v) is 12.9. The molecular weight excluding hydrogens is 302 g/mol. The lowest BCUT2D eigenvalue weighted by Crippen LogP contribution is -2.48. The molecule has 3 rings (SSSR count). The molecule has 1 aromatic carbocycles. The number of nitrogens with zero attached hydrogens (tertiary/aromatic N) is 4. The second-order valence-electron chi connectivity index (χ2n) is 5.68. The summed E-state index contributed by atoms with van der Waals surface area (Å²) >= 11 is 0. The molecule has 1 aliphatic heterocycles. The number of halogens is 2. The van der Waals surface area contributed by atoms with Gasteiger partial charge in [-0.25, -0.2) is 8.78 Å². The van der Waals surface area contributed by atoms with Crippen LogP contribution >= 0.6 is 0 Å². The lowest BCUT2D eigenvalue weighted by atomic mass is 10.1. The summed E-state index contributed by atoms with van der Waals surface area (Å²) in [4.78, 5) is 16.1. The molecule has 5 nitrogen and oxygen atoms in total. The van der Waals surface area contributed by atoms with Gasteiger partial charge < -0.3 is 4.90 Å². The van der Waals surface area contributed by atoms with Crippen molar-refractivity contribution in [2.75, 3.05) is 26.2 Å². The Labute approximate surface area is 133 Å². The number of hydrogen-bond donors (Lipinski definition) is 0. The minimum atomic E-state index is -0.826. The van der Waals surface area contributed by atoms with Crippen LogP contribution < -0.4 is 0 Å². The Balaban J connectivity index is 1.58. The highest BCUT2D eigenvalue weighted by molar-refractivity contribution is 5.93. The molecule has 0 bridgehead atoms. The minimum Gasteiger partial charge on any atom is -0.336 e. The number of amides is 1. The van der Waals surface area contributed by atoms with Crippen LogP contribution in [0.1, 0.15) is 15.9 Å². The summed E-state index contributed by atoms with van der Waals surface area (Å²) in [5.74, 6) is -1.66. The average Bonchev–Trinajstić information content (AvgIpc) is 2.98. The highest BCUT2D eigenvalue weighted by Crippen LogP contribution is 2.15. The molecule has 1 aliphatic rings. The molecule has 7 heteroatoms. The van der Waals surface area contributed by atoms with E-state index >= 15 is 0 Å². The van der Waals surface area contributed by atoms with Crippen molar-refractivity contribution in [2.45, 2.75) is 6.54 Å². The fourth-order valence-electron chi connectivity index (χ4n) is 2.73. The minimum absolute atomic E-state index is 0.0466. The molecule has 0 radical (unpaired) electrons. The Hall–Kier alpha value is -2.28. The third-order valence-corrected chi connectivity index (χ3v) is 4.04. The Bertz CT molecular complexity index is 708. The number of carbonyl (C=O) groups is 1. The third-order valence-electron chi connectivity index (χ3n) is 4.04. The van der Waals surface area contributed by atoms with Crippen molar-refractivity contribution in [1.82, 2.24) is 19.6 Å². The zero-order valence-electron chi connectivity index (χ0n) is 12.9. The molecule has 0 atom stereocenters. The van der Waals surface area contributed by atoms with E-state index in [1.165, 1.54) is 6.07 Å². The number of aromatic nitrogens is 2. The Morgan fingerprint density at radius 1 is 1.22 bits per heavy atom. The van der Waals surface area contributed by atoms with E-state index in [-0.39, 0.29) is 5.91 Å². The van der Waals surface area contributed by atoms with E-state index in [0.717, 1.165) is 6.07 Å². The molecule has 1 amide bonds. The maximum absolute atomic E-state index is 13.7. The predicted octanol–water partition coefficient (Wildman–Crippen LogP) is 1.66. The van der Waals surface area contributed by atoms with E-state index in [2.05, 4.69) is 5.10 Å². The van der Waals surface area contributed by atoms with Crippen LogP contribution in [0.5, 0.6) is 0 Å². The summed E-state index contributed by atoms with van der Waals surface area (Å²) in [5.41, 5.74) is 0.911. The van der Waals surface area contributed by atoms with Crippen molar-refractivity contribution in [1.29, 1.82) is 0 Å². The molecular formula is C16H18F2N4O. The number of rotatable bonds is 3. The normalized spacial score (nSPS) is 15.9. The first-order valence-corrected chi connectivity index (χ1v) is 7.48. The van der Waals surface area contributed by atoms with Crippen LogP contribution in [0.25, 0.3) is 0 Å². The molecule has 23 heavy (non-hydrogen) atoms. The molecule has 122 valence electrons. The van der Waals surface area contributed by atoms with Crippen molar-refractivity contribution in [3.63, 3.8) is 0 Å². The Morgan fingerprint density at radius 3 is 2.61 bits per heavy atom. The second-order valence-corrected chi connectivity index (χ2v) is 5.68. The molecule has 0 unspecified atom stereocenters. The van der Waals surface area contributed by atoms with E-state index in [1.807, 2.05) is 4.90 Å². The summed E-state index contributed by atoms with van der Waals surface area (Å²) in [6.45, 7) is 2.72. The zero-order chi connectivity index (χ0) is 16.4. The van der Waals surface area contributed by atoms with Crippen LogP contribution in [0.3, 0.4) is 0 Å². The van der Waals surface area contributed by atoms with Crippen molar-refractivity contribution in [3.05, 3.63) is 53.4 Å². The van der Waals surface area contributed by atoms with E-state index in [9.17, 15) is 13.6 Å². The lowest BCUT2D eigenvalue weighted by Gasteiger charge is -2.34. The molecule has 2 aromatic rings. The van der Waals surface area contributed by atoms with Gasteiger partial charge in [-0.2, -0.15) is 5.10 Å². The van der Waals surface area contributed by atoms with Gasteiger partial charge >= 0.3 is 0 Å². The topological polar surface area (TPSA) is 41.4 Å². The first-order valence-electron chi connectivity index (χ1n) is 7.48. The van der Waals surface area contributed by atoms with Gasteiger partial charge in [-0.05, 0) is 6.07 Å². The first-order chi connectivity index (χ1) is 11.0. The number of hydrogen-bond acceptors (Lipinski definition) is 3. The van der Waals surface area contributed by atoms with Gasteiger partial charge in [-0.3, -0.25) is 14.4 Å². The summed E-state index contributed by atoms with van der Waals surface area (Å²) in [7, 11) is 1.77. The maximum atomic E-state index is 13.7. The monoisotopic (exact) mass is 320 g/mol. The van der Waals surface area contributed by atoms with Crippen LogP contribution in [-0.2, 0) is 13.6 Å². The molecule has 0 spiro atoms. The van der Waals surface area contributed by atoms with E-state index in [4.69, 9.17) is 0 Å². The molecule has 0 N–H and O–H groups in total. The van der Waals surface area contributed by atoms with Crippen LogP contribution in [-0.4, -0.2) is 51.7 Å². The molecule has 0 aliphatic carbocycles. The highest BCUT2D eigenvalue weighted by Gasteiger charge is 2.23. The fourth-order valence-corrected chi connectivity index (χ4v) is 2.73.